The molecule has 1 unspecified atom stereocenters. The molecule has 2 aromatic rings. The van der Waals surface area contributed by atoms with Crippen LogP contribution in [0.5, 0.6) is 0 Å². The largest absolute Gasteiger partial charge is 0.463 e. The minimum absolute atomic E-state index is 0.0451. The van der Waals surface area contributed by atoms with E-state index in [9.17, 15) is 9.59 Å². The molecule has 3 heterocycles. The van der Waals surface area contributed by atoms with Crippen LogP contribution < -0.4 is 5.32 Å². The number of nitrogens with zero attached hydrogens (tertiary/aromatic N) is 2. The van der Waals surface area contributed by atoms with Crippen LogP contribution in [0.2, 0.25) is 0 Å². The van der Waals surface area contributed by atoms with Gasteiger partial charge in [-0.25, -0.2) is 0 Å². The zero-order valence-corrected chi connectivity index (χ0v) is 18.3. The van der Waals surface area contributed by atoms with Crippen molar-refractivity contribution in [2.45, 2.75) is 77.4 Å². The molecule has 4 rings (SSSR count). The van der Waals surface area contributed by atoms with Gasteiger partial charge in [-0.2, -0.15) is 0 Å². The summed E-state index contributed by atoms with van der Waals surface area (Å²) in [6, 6.07) is 7.70. The molecule has 0 radical (unpaired) electrons. The van der Waals surface area contributed by atoms with Crippen molar-refractivity contribution in [1.82, 2.24) is 14.8 Å². The number of nitrogens with one attached hydrogen (secondary N) is 1. The highest BCUT2D eigenvalue weighted by molar-refractivity contribution is 6.00. The van der Waals surface area contributed by atoms with Crippen molar-refractivity contribution in [2.24, 2.45) is 5.92 Å². The van der Waals surface area contributed by atoms with E-state index >= 15 is 0 Å². The summed E-state index contributed by atoms with van der Waals surface area (Å²) in [5, 5.41) is 3.27. The van der Waals surface area contributed by atoms with Gasteiger partial charge in [0, 0.05) is 12.6 Å². The number of fused-ring (bicyclic) bond motifs is 1. The highest BCUT2D eigenvalue weighted by Crippen LogP contribution is 2.34. The van der Waals surface area contributed by atoms with Crippen LogP contribution in [0.25, 0.3) is 11.5 Å². The molecule has 1 aliphatic heterocycles. The predicted octanol–water partition coefficient (Wildman–Crippen LogP) is 4.46. The van der Waals surface area contributed by atoms with Crippen LogP contribution >= 0.6 is 0 Å². The fraction of sp³-hybridized carbons (Fsp3) is 0.583. The maximum Gasteiger partial charge on any atom is 0.271 e. The van der Waals surface area contributed by atoms with Crippen LogP contribution in [0.15, 0.2) is 34.9 Å². The fourth-order valence-corrected chi connectivity index (χ4v) is 4.74. The average Bonchev–Trinajstić information content (AvgIpc) is 3.38. The number of carbonyl (C=O) groups is 2. The number of aromatic nitrogens is 1. The van der Waals surface area contributed by atoms with Crippen molar-refractivity contribution < 1.29 is 14.0 Å². The predicted molar refractivity (Wildman–Crippen MR) is 116 cm³/mol. The molecule has 2 aliphatic rings. The van der Waals surface area contributed by atoms with Crippen molar-refractivity contribution in [2.75, 3.05) is 6.54 Å². The lowest BCUT2D eigenvalue weighted by Gasteiger charge is -2.45. The first kappa shape index (κ1) is 20.8. The monoisotopic (exact) mass is 411 g/mol. The van der Waals surface area contributed by atoms with Gasteiger partial charge in [-0.15, -0.1) is 0 Å². The Morgan fingerprint density at radius 3 is 2.60 bits per heavy atom. The molecule has 2 aromatic heterocycles. The Balaban J connectivity index is 1.68. The number of rotatable bonds is 6. The molecule has 0 aromatic carbocycles. The second-order valence-corrected chi connectivity index (χ2v) is 9.39. The van der Waals surface area contributed by atoms with E-state index in [1.165, 1.54) is 6.42 Å². The number of carbonyl (C=O) groups excluding carboxylic acids is 2. The van der Waals surface area contributed by atoms with Crippen molar-refractivity contribution in [3.63, 3.8) is 0 Å². The number of amides is 2. The van der Waals surface area contributed by atoms with Crippen LogP contribution in [0, 0.1) is 5.92 Å². The highest BCUT2D eigenvalue weighted by atomic mass is 16.3. The molecule has 0 saturated heterocycles. The third kappa shape index (κ3) is 3.80. The van der Waals surface area contributed by atoms with E-state index in [-0.39, 0.29) is 17.9 Å². The summed E-state index contributed by atoms with van der Waals surface area (Å²) in [5.41, 5.74) is 0.521. The second kappa shape index (κ2) is 8.32. The SMILES string of the molecule is CC(C)CCN1C(=O)c2ccc(-c3ccco3)n2CC1(C)C(=O)NC1CCCCC1. The van der Waals surface area contributed by atoms with Crippen molar-refractivity contribution >= 4 is 11.8 Å². The van der Waals surface area contributed by atoms with Gasteiger partial charge in [0.25, 0.3) is 5.91 Å². The minimum atomic E-state index is -0.934. The Hall–Kier alpha value is -2.50. The highest BCUT2D eigenvalue weighted by Gasteiger charge is 2.48. The molecule has 1 aliphatic carbocycles. The summed E-state index contributed by atoms with van der Waals surface area (Å²) in [6.07, 6.45) is 8.09. The Kier molecular flexibility index (Phi) is 5.76. The molecule has 1 saturated carbocycles. The summed E-state index contributed by atoms with van der Waals surface area (Å²) in [6.45, 7) is 7.20. The smallest absolute Gasteiger partial charge is 0.271 e. The van der Waals surface area contributed by atoms with Gasteiger partial charge >= 0.3 is 0 Å². The molecule has 162 valence electrons. The van der Waals surface area contributed by atoms with Gasteiger partial charge in [0.2, 0.25) is 5.91 Å². The van der Waals surface area contributed by atoms with Gasteiger partial charge in [0.05, 0.1) is 18.5 Å². The molecule has 30 heavy (non-hydrogen) atoms. The molecular weight excluding hydrogens is 378 g/mol. The molecule has 6 heteroatoms. The quantitative estimate of drug-likeness (QED) is 0.763. The maximum atomic E-state index is 13.6. The average molecular weight is 412 g/mol. The first-order valence-corrected chi connectivity index (χ1v) is 11.3. The van der Waals surface area contributed by atoms with E-state index < -0.39 is 5.54 Å². The first-order valence-electron chi connectivity index (χ1n) is 11.3. The minimum Gasteiger partial charge on any atom is -0.463 e. The zero-order chi connectivity index (χ0) is 21.3. The van der Waals surface area contributed by atoms with Gasteiger partial charge in [-0.3, -0.25) is 9.59 Å². The Morgan fingerprint density at radius 2 is 1.93 bits per heavy atom. The third-order valence-corrected chi connectivity index (χ3v) is 6.64. The van der Waals surface area contributed by atoms with Crippen molar-refractivity contribution in [3.8, 4) is 11.5 Å². The van der Waals surface area contributed by atoms with Crippen molar-refractivity contribution in [1.29, 1.82) is 0 Å². The van der Waals surface area contributed by atoms with Crippen LogP contribution in [-0.4, -0.2) is 39.4 Å². The Morgan fingerprint density at radius 1 is 1.20 bits per heavy atom. The molecule has 0 spiro atoms. The normalized spacial score (nSPS) is 22.4. The van der Waals surface area contributed by atoms with E-state index in [1.54, 1.807) is 11.2 Å². The van der Waals surface area contributed by atoms with Crippen molar-refractivity contribution in [3.05, 3.63) is 36.2 Å². The third-order valence-electron chi connectivity index (χ3n) is 6.64. The fourth-order valence-electron chi connectivity index (χ4n) is 4.74. The van der Waals surface area contributed by atoms with E-state index in [0.717, 1.165) is 37.8 Å². The number of furan rings is 1. The second-order valence-electron chi connectivity index (χ2n) is 9.39. The van der Waals surface area contributed by atoms with Gasteiger partial charge in [-0.1, -0.05) is 33.1 Å². The molecular formula is C24H33N3O3. The van der Waals surface area contributed by atoms with E-state index in [4.69, 9.17) is 4.42 Å². The lowest BCUT2D eigenvalue weighted by molar-refractivity contribution is -0.133. The lowest BCUT2D eigenvalue weighted by atomic mass is 9.91. The molecule has 6 nitrogen and oxygen atoms in total. The summed E-state index contributed by atoms with van der Waals surface area (Å²) >= 11 is 0. The maximum absolute atomic E-state index is 13.6. The van der Waals surface area contributed by atoms with Crippen LogP contribution in [0.4, 0.5) is 0 Å². The van der Waals surface area contributed by atoms with Crippen LogP contribution in [0.1, 0.15) is 69.8 Å². The van der Waals surface area contributed by atoms with Gasteiger partial charge < -0.3 is 19.2 Å². The summed E-state index contributed by atoms with van der Waals surface area (Å²) in [7, 11) is 0. The molecule has 1 fully saturated rings. The molecule has 2 amide bonds. The van der Waals surface area contributed by atoms with E-state index in [0.29, 0.717) is 30.5 Å². The lowest BCUT2D eigenvalue weighted by Crippen LogP contribution is -2.65. The van der Waals surface area contributed by atoms with E-state index in [2.05, 4.69) is 19.2 Å². The molecule has 0 bridgehead atoms. The summed E-state index contributed by atoms with van der Waals surface area (Å²) in [5.74, 6) is 1.04. The Bertz CT molecular complexity index is 893. The standard InChI is InChI=1S/C24H33N3O3/c1-17(2)13-14-27-22(28)20-12-11-19(21-10-7-15-30-21)26(20)16-24(27,3)23(29)25-18-8-5-4-6-9-18/h7,10-12,15,17-18H,4-6,8-9,13-14,16H2,1-3H3,(H,25,29). The Labute approximate surface area is 178 Å². The summed E-state index contributed by atoms with van der Waals surface area (Å²) in [4.78, 5) is 28.9. The number of hydrogen-bond donors (Lipinski definition) is 1. The molecule has 1 N–H and O–H groups in total. The van der Waals surface area contributed by atoms with Gasteiger partial charge in [-0.05, 0) is 56.4 Å². The van der Waals surface area contributed by atoms with Gasteiger partial charge in [0.15, 0.2) is 0 Å². The topological polar surface area (TPSA) is 67.5 Å². The van der Waals surface area contributed by atoms with Crippen LogP contribution in [0.3, 0.4) is 0 Å². The number of hydrogen-bond acceptors (Lipinski definition) is 3. The zero-order valence-electron chi connectivity index (χ0n) is 18.3. The molecule has 1 atom stereocenters. The summed E-state index contributed by atoms with van der Waals surface area (Å²) < 4.78 is 7.54. The van der Waals surface area contributed by atoms with Crippen LogP contribution in [-0.2, 0) is 11.3 Å². The van der Waals surface area contributed by atoms with E-state index in [1.807, 2.05) is 35.8 Å². The van der Waals surface area contributed by atoms with Gasteiger partial charge in [0.1, 0.15) is 17.0 Å². The first-order chi connectivity index (χ1) is 14.4.